The Morgan fingerprint density at radius 3 is 2.63 bits per heavy atom. The van der Waals surface area contributed by atoms with Gasteiger partial charge < -0.3 is 4.57 Å². The maximum Gasteiger partial charge on any atom is 0.141 e. The fourth-order valence-electron chi connectivity index (χ4n) is 2.14. The Hall–Kier alpha value is -1.51. The van der Waals surface area contributed by atoms with Crippen LogP contribution in [0.2, 0.25) is 10.0 Å². The molecule has 96 valence electrons. The summed E-state index contributed by atoms with van der Waals surface area (Å²) in [5, 5.41) is 1.95. The lowest BCUT2D eigenvalue weighted by Crippen LogP contribution is -1.98. The summed E-state index contributed by atoms with van der Waals surface area (Å²) in [5.74, 6) is -0.394. The highest BCUT2D eigenvalue weighted by Crippen LogP contribution is 2.22. The third kappa shape index (κ3) is 2.46. The molecule has 0 saturated heterocycles. The summed E-state index contributed by atoms with van der Waals surface area (Å²) in [7, 11) is 0. The van der Waals surface area contributed by atoms with E-state index in [1.807, 2.05) is 30.5 Å². The second kappa shape index (κ2) is 4.87. The number of aromatic nitrogens is 1. The van der Waals surface area contributed by atoms with Crippen LogP contribution in [0.3, 0.4) is 0 Å². The van der Waals surface area contributed by atoms with E-state index in [2.05, 4.69) is 4.57 Å². The van der Waals surface area contributed by atoms with Crippen LogP contribution in [0.15, 0.2) is 48.7 Å². The topological polar surface area (TPSA) is 4.93 Å². The van der Waals surface area contributed by atoms with Gasteiger partial charge in [-0.05, 0) is 42.0 Å². The summed E-state index contributed by atoms with van der Waals surface area (Å²) in [6.45, 7) is 0.644. The van der Waals surface area contributed by atoms with Gasteiger partial charge in [-0.1, -0.05) is 29.3 Å². The van der Waals surface area contributed by atoms with Gasteiger partial charge in [0.25, 0.3) is 0 Å². The molecule has 3 aromatic rings. The predicted octanol–water partition coefficient (Wildman–Crippen LogP) is 5.14. The summed E-state index contributed by atoms with van der Waals surface area (Å²) in [4.78, 5) is 0. The molecular weight excluding hydrogens is 284 g/mol. The molecule has 0 radical (unpaired) electrons. The number of fused-ring (bicyclic) bond motifs is 1. The van der Waals surface area contributed by atoms with Crippen LogP contribution in [-0.4, -0.2) is 4.57 Å². The number of halogens is 3. The second-order valence-corrected chi connectivity index (χ2v) is 5.24. The zero-order valence-electron chi connectivity index (χ0n) is 9.91. The van der Waals surface area contributed by atoms with Gasteiger partial charge in [-0.2, -0.15) is 0 Å². The summed E-state index contributed by atoms with van der Waals surface area (Å²) in [6, 6.07) is 12.5. The molecule has 4 heteroatoms. The number of rotatable bonds is 2. The quantitative estimate of drug-likeness (QED) is 0.617. The number of nitrogens with zero attached hydrogens (tertiary/aromatic N) is 1. The highest BCUT2D eigenvalue weighted by atomic mass is 35.5. The lowest BCUT2D eigenvalue weighted by atomic mass is 10.2. The summed E-state index contributed by atoms with van der Waals surface area (Å²) >= 11 is 11.7. The van der Waals surface area contributed by atoms with Crippen molar-refractivity contribution < 1.29 is 4.39 Å². The molecule has 0 aliphatic rings. The zero-order valence-corrected chi connectivity index (χ0v) is 11.4. The Morgan fingerprint density at radius 1 is 1.00 bits per heavy atom. The molecule has 0 saturated carbocycles. The SMILES string of the molecule is Fc1ccc(Cn2ccc3cc(Cl)ccc32)cc1Cl. The lowest BCUT2D eigenvalue weighted by molar-refractivity contribution is 0.627. The van der Waals surface area contributed by atoms with Crippen LogP contribution in [-0.2, 0) is 6.54 Å². The van der Waals surface area contributed by atoms with Gasteiger partial charge in [-0.15, -0.1) is 0 Å². The molecule has 19 heavy (non-hydrogen) atoms. The van der Waals surface area contributed by atoms with Gasteiger partial charge >= 0.3 is 0 Å². The molecular formula is C15H10Cl2FN. The van der Waals surface area contributed by atoms with E-state index >= 15 is 0 Å². The van der Waals surface area contributed by atoms with Crippen LogP contribution in [0, 0.1) is 5.82 Å². The van der Waals surface area contributed by atoms with Crippen molar-refractivity contribution >= 4 is 34.1 Å². The maximum absolute atomic E-state index is 13.1. The average molecular weight is 294 g/mol. The molecule has 0 bridgehead atoms. The molecule has 0 aliphatic heterocycles. The van der Waals surface area contributed by atoms with Crippen LogP contribution in [0.4, 0.5) is 4.39 Å². The summed E-state index contributed by atoms with van der Waals surface area (Å²) < 4.78 is 15.2. The first kappa shape index (κ1) is 12.5. The Balaban J connectivity index is 1.98. The molecule has 0 unspecified atom stereocenters. The van der Waals surface area contributed by atoms with Crippen molar-refractivity contribution in [2.75, 3.05) is 0 Å². The maximum atomic E-state index is 13.1. The van der Waals surface area contributed by atoms with Gasteiger partial charge in [0.15, 0.2) is 0 Å². The van der Waals surface area contributed by atoms with E-state index in [1.165, 1.54) is 6.07 Å². The van der Waals surface area contributed by atoms with Gasteiger partial charge in [-0.25, -0.2) is 4.39 Å². The Bertz CT molecular complexity index is 749. The van der Waals surface area contributed by atoms with Crippen molar-refractivity contribution in [1.29, 1.82) is 0 Å². The Morgan fingerprint density at radius 2 is 1.84 bits per heavy atom. The molecule has 1 aromatic heterocycles. The highest BCUT2D eigenvalue weighted by Gasteiger charge is 2.05. The van der Waals surface area contributed by atoms with E-state index in [0.717, 1.165) is 21.5 Å². The van der Waals surface area contributed by atoms with Crippen molar-refractivity contribution in [3.05, 3.63) is 70.1 Å². The van der Waals surface area contributed by atoms with Gasteiger partial charge in [0.2, 0.25) is 0 Å². The largest absolute Gasteiger partial charge is 0.343 e. The van der Waals surface area contributed by atoms with E-state index in [1.54, 1.807) is 12.1 Å². The van der Waals surface area contributed by atoms with E-state index in [0.29, 0.717) is 6.54 Å². The monoisotopic (exact) mass is 293 g/mol. The Labute approximate surface area is 120 Å². The third-order valence-corrected chi connectivity index (χ3v) is 3.59. The third-order valence-electron chi connectivity index (χ3n) is 3.07. The van der Waals surface area contributed by atoms with E-state index < -0.39 is 5.82 Å². The molecule has 0 aliphatic carbocycles. The average Bonchev–Trinajstić information content (AvgIpc) is 2.76. The number of hydrogen-bond donors (Lipinski definition) is 0. The van der Waals surface area contributed by atoms with Crippen molar-refractivity contribution in [3.63, 3.8) is 0 Å². The minimum absolute atomic E-state index is 0.150. The lowest BCUT2D eigenvalue weighted by Gasteiger charge is -2.06. The van der Waals surface area contributed by atoms with Crippen molar-refractivity contribution in [2.45, 2.75) is 6.54 Å². The van der Waals surface area contributed by atoms with Crippen LogP contribution < -0.4 is 0 Å². The van der Waals surface area contributed by atoms with E-state index in [-0.39, 0.29) is 5.02 Å². The number of hydrogen-bond acceptors (Lipinski definition) is 0. The molecule has 0 atom stereocenters. The first-order valence-corrected chi connectivity index (χ1v) is 6.57. The fraction of sp³-hybridized carbons (Fsp3) is 0.0667. The fourth-order valence-corrected chi connectivity index (χ4v) is 2.53. The molecule has 2 aromatic carbocycles. The van der Waals surface area contributed by atoms with E-state index in [4.69, 9.17) is 23.2 Å². The molecule has 1 heterocycles. The van der Waals surface area contributed by atoms with Gasteiger partial charge in [0.05, 0.1) is 5.02 Å². The first-order chi connectivity index (χ1) is 9.13. The van der Waals surface area contributed by atoms with E-state index in [9.17, 15) is 4.39 Å². The summed E-state index contributed by atoms with van der Waals surface area (Å²) in [5.41, 5.74) is 2.05. The minimum atomic E-state index is -0.394. The van der Waals surface area contributed by atoms with Gasteiger partial charge in [0.1, 0.15) is 5.82 Å². The second-order valence-electron chi connectivity index (χ2n) is 4.40. The molecule has 0 spiro atoms. The Kier molecular flexibility index (Phi) is 3.21. The van der Waals surface area contributed by atoms with Crippen molar-refractivity contribution in [3.8, 4) is 0 Å². The molecule has 0 amide bonds. The normalized spacial score (nSPS) is 11.1. The summed E-state index contributed by atoms with van der Waals surface area (Å²) in [6.07, 6.45) is 1.98. The van der Waals surface area contributed by atoms with Crippen LogP contribution in [0.5, 0.6) is 0 Å². The molecule has 3 rings (SSSR count). The molecule has 0 fully saturated rings. The van der Waals surface area contributed by atoms with Crippen LogP contribution >= 0.6 is 23.2 Å². The van der Waals surface area contributed by atoms with Crippen LogP contribution in [0.1, 0.15) is 5.56 Å². The van der Waals surface area contributed by atoms with Crippen LogP contribution in [0.25, 0.3) is 10.9 Å². The standard InChI is InChI=1S/C15H10Cl2FN/c16-12-2-4-15-11(8-12)5-6-19(15)9-10-1-3-14(18)13(17)7-10/h1-8H,9H2. The minimum Gasteiger partial charge on any atom is -0.343 e. The molecule has 1 nitrogen and oxygen atoms in total. The van der Waals surface area contributed by atoms with Gasteiger partial charge in [-0.3, -0.25) is 0 Å². The zero-order chi connectivity index (χ0) is 13.4. The molecule has 0 N–H and O–H groups in total. The highest BCUT2D eigenvalue weighted by molar-refractivity contribution is 6.31. The smallest absolute Gasteiger partial charge is 0.141 e. The first-order valence-electron chi connectivity index (χ1n) is 5.82. The predicted molar refractivity (Wildman–Crippen MR) is 77.5 cm³/mol. The van der Waals surface area contributed by atoms with Gasteiger partial charge in [0, 0.05) is 28.7 Å². The van der Waals surface area contributed by atoms with Crippen molar-refractivity contribution in [1.82, 2.24) is 4.57 Å². The van der Waals surface area contributed by atoms with Crippen molar-refractivity contribution in [2.24, 2.45) is 0 Å². The number of benzene rings is 2.